The number of hydrogen-bond donors (Lipinski definition) is 1. The number of hydrogen-bond acceptors (Lipinski definition) is 7. The summed E-state index contributed by atoms with van der Waals surface area (Å²) in [4.78, 5) is 27.0. The summed E-state index contributed by atoms with van der Waals surface area (Å²) in [5.74, 6) is 0.654. The minimum absolute atomic E-state index is 0.0223. The van der Waals surface area contributed by atoms with Gasteiger partial charge in [-0.3, -0.25) is 20.2 Å². The van der Waals surface area contributed by atoms with E-state index in [0.717, 1.165) is 5.56 Å². The van der Waals surface area contributed by atoms with Crippen molar-refractivity contribution in [3.05, 3.63) is 99.8 Å². The molecule has 2 heterocycles. The number of aryl methyl sites for hydroxylation is 1. The molecule has 2 aromatic carbocycles. The van der Waals surface area contributed by atoms with Gasteiger partial charge in [0.2, 0.25) is 5.95 Å². The number of benzene rings is 2. The van der Waals surface area contributed by atoms with Gasteiger partial charge in [-0.05, 0) is 36.8 Å². The van der Waals surface area contributed by atoms with E-state index in [2.05, 4.69) is 15.4 Å². The summed E-state index contributed by atoms with van der Waals surface area (Å²) in [6, 6.07) is 17.4. The predicted molar refractivity (Wildman–Crippen MR) is 114 cm³/mol. The summed E-state index contributed by atoms with van der Waals surface area (Å²) < 4.78 is 12.8. The highest BCUT2D eigenvalue weighted by molar-refractivity contribution is 6.01. The molecule has 0 saturated carbocycles. The monoisotopic (exact) mass is 433 g/mol. The van der Waals surface area contributed by atoms with E-state index in [1.54, 1.807) is 23.7 Å². The summed E-state index contributed by atoms with van der Waals surface area (Å²) in [7, 11) is 0. The Morgan fingerprint density at radius 2 is 2.00 bits per heavy atom. The smallest absolute Gasteiger partial charge is 0.293 e. The molecule has 10 heteroatoms. The second-order valence-electron chi connectivity index (χ2n) is 6.97. The number of nitro benzene ring substituents is 1. The topological polar surface area (TPSA) is 125 Å². The fourth-order valence-corrected chi connectivity index (χ4v) is 3.02. The van der Waals surface area contributed by atoms with Crippen LogP contribution >= 0.6 is 0 Å². The van der Waals surface area contributed by atoms with Crippen molar-refractivity contribution in [1.29, 1.82) is 0 Å². The van der Waals surface area contributed by atoms with Crippen molar-refractivity contribution >= 4 is 17.5 Å². The van der Waals surface area contributed by atoms with Crippen molar-refractivity contribution in [2.45, 2.75) is 20.1 Å². The first-order valence-electron chi connectivity index (χ1n) is 9.69. The van der Waals surface area contributed by atoms with Gasteiger partial charge in [0.15, 0.2) is 5.76 Å². The number of amides is 1. The molecular formula is C22H19N5O5. The van der Waals surface area contributed by atoms with Crippen LogP contribution in [-0.2, 0) is 13.2 Å². The number of aromatic nitrogens is 3. The van der Waals surface area contributed by atoms with Gasteiger partial charge >= 0.3 is 0 Å². The highest BCUT2D eigenvalue weighted by Crippen LogP contribution is 2.24. The SMILES string of the molecule is Cc1cc(OCc2ccc(C(=O)Nc3ncn(Cc4ccccc4)n3)o2)ccc1[N+](=O)[O-]. The molecule has 0 spiro atoms. The molecule has 0 fully saturated rings. The molecule has 0 aliphatic heterocycles. The molecule has 32 heavy (non-hydrogen) atoms. The number of nitro groups is 1. The van der Waals surface area contributed by atoms with E-state index < -0.39 is 10.8 Å². The van der Waals surface area contributed by atoms with Gasteiger partial charge < -0.3 is 9.15 Å². The zero-order valence-corrected chi connectivity index (χ0v) is 17.1. The zero-order chi connectivity index (χ0) is 22.5. The normalized spacial score (nSPS) is 10.7. The quantitative estimate of drug-likeness (QED) is 0.329. The molecule has 2 aromatic heterocycles. The molecule has 0 unspecified atom stereocenters. The lowest BCUT2D eigenvalue weighted by molar-refractivity contribution is -0.385. The van der Waals surface area contributed by atoms with Gasteiger partial charge in [-0.15, -0.1) is 5.10 Å². The summed E-state index contributed by atoms with van der Waals surface area (Å²) in [6.45, 7) is 2.23. The molecule has 1 N–H and O–H groups in total. The third-order valence-corrected chi connectivity index (χ3v) is 4.58. The number of carbonyl (C=O) groups excluding carboxylic acids is 1. The molecule has 1 amide bonds. The average Bonchev–Trinajstić information content (AvgIpc) is 3.42. The van der Waals surface area contributed by atoms with Crippen LogP contribution in [0.1, 0.15) is 27.4 Å². The first kappa shape index (κ1) is 20.8. The second kappa shape index (κ2) is 9.13. The lowest BCUT2D eigenvalue weighted by Gasteiger charge is -2.05. The van der Waals surface area contributed by atoms with Gasteiger partial charge in [0, 0.05) is 11.6 Å². The molecule has 0 atom stereocenters. The number of anilines is 1. The molecule has 10 nitrogen and oxygen atoms in total. The van der Waals surface area contributed by atoms with Crippen LogP contribution in [0.2, 0.25) is 0 Å². The van der Waals surface area contributed by atoms with E-state index in [1.807, 2.05) is 30.3 Å². The van der Waals surface area contributed by atoms with Crippen LogP contribution in [0, 0.1) is 17.0 Å². The van der Waals surface area contributed by atoms with Crippen molar-refractivity contribution in [3.63, 3.8) is 0 Å². The second-order valence-corrected chi connectivity index (χ2v) is 6.97. The van der Waals surface area contributed by atoms with E-state index >= 15 is 0 Å². The molecule has 0 saturated heterocycles. The molecular weight excluding hydrogens is 414 g/mol. The minimum atomic E-state index is -0.486. The van der Waals surface area contributed by atoms with E-state index in [1.165, 1.54) is 24.5 Å². The van der Waals surface area contributed by atoms with Crippen molar-refractivity contribution in [2.24, 2.45) is 0 Å². The number of carbonyl (C=O) groups is 1. The lowest BCUT2D eigenvalue weighted by Crippen LogP contribution is -2.12. The van der Waals surface area contributed by atoms with E-state index in [4.69, 9.17) is 9.15 Å². The Labute approximate surface area is 182 Å². The van der Waals surface area contributed by atoms with Gasteiger partial charge in [-0.1, -0.05) is 30.3 Å². The summed E-state index contributed by atoms with van der Waals surface area (Å²) in [5.41, 5.74) is 1.58. The van der Waals surface area contributed by atoms with Crippen LogP contribution in [0.15, 0.2) is 71.4 Å². The number of nitrogens with one attached hydrogen (secondary N) is 1. The van der Waals surface area contributed by atoms with Gasteiger partial charge in [-0.25, -0.2) is 9.67 Å². The maximum atomic E-state index is 12.4. The average molecular weight is 433 g/mol. The van der Waals surface area contributed by atoms with E-state index in [-0.39, 0.29) is 24.0 Å². The van der Waals surface area contributed by atoms with Gasteiger partial charge in [0.1, 0.15) is 24.4 Å². The van der Waals surface area contributed by atoms with Crippen molar-refractivity contribution in [1.82, 2.24) is 14.8 Å². The third-order valence-electron chi connectivity index (χ3n) is 4.58. The molecule has 4 aromatic rings. The highest BCUT2D eigenvalue weighted by atomic mass is 16.6. The van der Waals surface area contributed by atoms with Crippen LogP contribution < -0.4 is 10.1 Å². The molecule has 4 rings (SSSR count). The van der Waals surface area contributed by atoms with Crippen molar-refractivity contribution in [3.8, 4) is 5.75 Å². The first-order valence-corrected chi connectivity index (χ1v) is 9.69. The van der Waals surface area contributed by atoms with Crippen LogP contribution in [0.25, 0.3) is 0 Å². The molecule has 162 valence electrons. The summed E-state index contributed by atoms with van der Waals surface area (Å²) in [6.07, 6.45) is 1.54. The molecule has 0 aliphatic rings. The first-order chi connectivity index (χ1) is 15.5. The molecule has 0 bridgehead atoms. The summed E-state index contributed by atoms with van der Waals surface area (Å²) in [5, 5.41) is 17.7. The fraction of sp³-hybridized carbons (Fsp3) is 0.136. The van der Waals surface area contributed by atoms with Crippen LogP contribution in [-0.4, -0.2) is 25.6 Å². The largest absolute Gasteiger partial charge is 0.486 e. The third kappa shape index (κ3) is 4.98. The van der Waals surface area contributed by atoms with Gasteiger partial charge in [0.25, 0.3) is 11.6 Å². The van der Waals surface area contributed by atoms with Gasteiger partial charge in [-0.2, -0.15) is 0 Å². The Bertz CT molecular complexity index is 1250. The van der Waals surface area contributed by atoms with E-state index in [9.17, 15) is 14.9 Å². The zero-order valence-electron chi connectivity index (χ0n) is 17.1. The Kier molecular flexibility index (Phi) is 5.93. The van der Waals surface area contributed by atoms with Crippen molar-refractivity contribution in [2.75, 3.05) is 5.32 Å². The Morgan fingerprint density at radius 1 is 1.19 bits per heavy atom. The Hall–Kier alpha value is -4.47. The lowest BCUT2D eigenvalue weighted by atomic mass is 10.2. The van der Waals surface area contributed by atoms with E-state index in [0.29, 0.717) is 23.6 Å². The maximum Gasteiger partial charge on any atom is 0.293 e. The number of ether oxygens (including phenoxy) is 1. The van der Waals surface area contributed by atoms with Crippen LogP contribution in [0.5, 0.6) is 5.75 Å². The molecule has 0 radical (unpaired) electrons. The standard InChI is InChI=1S/C22H19N5O5/c1-15-11-17(7-9-19(15)27(29)30)31-13-18-8-10-20(32-18)21(28)24-22-23-14-26(25-22)12-16-5-3-2-4-6-16/h2-11,14H,12-13H2,1H3,(H,24,25,28). The Balaban J connectivity index is 1.33. The minimum Gasteiger partial charge on any atom is -0.486 e. The van der Waals surface area contributed by atoms with Crippen LogP contribution in [0.3, 0.4) is 0 Å². The van der Waals surface area contributed by atoms with Crippen molar-refractivity contribution < 1.29 is 18.9 Å². The molecule has 0 aliphatic carbocycles. The number of furan rings is 1. The summed E-state index contributed by atoms with van der Waals surface area (Å²) >= 11 is 0. The fourth-order valence-electron chi connectivity index (χ4n) is 3.02. The number of nitrogens with zero attached hydrogens (tertiary/aromatic N) is 4. The Morgan fingerprint density at radius 3 is 2.75 bits per heavy atom. The van der Waals surface area contributed by atoms with Crippen LogP contribution in [0.4, 0.5) is 11.6 Å². The highest BCUT2D eigenvalue weighted by Gasteiger charge is 2.15. The predicted octanol–water partition coefficient (Wildman–Crippen LogP) is 3.97. The number of rotatable bonds is 8. The maximum absolute atomic E-state index is 12.4. The van der Waals surface area contributed by atoms with Gasteiger partial charge in [0.05, 0.1) is 11.5 Å².